The van der Waals surface area contributed by atoms with Crippen LogP contribution in [0.15, 0.2) is 0 Å². The summed E-state index contributed by atoms with van der Waals surface area (Å²) in [7, 11) is 0.191. The molecule has 1 aliphatic heterocycles. The summed E-state index contributed by atoms with van der Waals surface area (Å²) in [6.07, 6.45) is 1.20. The average Bonchev–Trinajstić information content (AvgIpc) is 2.66. The fourth-order valence-corrected chi connectivity index (χ4v) is 3.41. The second-order valence-electron chi connectivity index (χ2n) is 6.31. The van der Waals surface area contributed by atoms with Gasteiger partial charge in [-0.2, -0.15) is 0 Å². The van der Waals surface area contributed by atoms with Crippen molar-refractivity contribution in [2.75, 3.05) is 13.7 Å². The maximum absolute atomic E-state index is 12.2. The van der Waals surface area contributed by atoms with Crippen molar-refractivity contribution in [3.05, 3.63) is 0 Å². The van der Waals surface area contributed by atoms with Gasteiger partial charge in [0.15, 0.2) is 0 Å². The Balaban J connectivity index is 3.13. The average molecular weight is 286 g/mol. The van der Waals surface area contributed by atoms with Gasteiger partial charge in [-0.05, 0) is 24.4 Å². The lowest BCUT2D eigenvalue weighted by molar-refractivity contribution is -0.177. The van der Waals surface area contributed by atoms with Gasteiger partial charge in [0.25, 0.3) is 0 Å². The minimum absolute atomic E-state index is 0.00871. The molecule has 109 valence electrons. The van der Waals surface area contributed by atoms with Gasteiger partial charge in [-0.3, -0.25) is 4.79 Å². The molecular weight excluding hydrogens is 262 g/mol. The molecule has 0 aromatic carbocycles. The smallest absolute Gasteiger partial charge is 0.358 e. The highest BCUT2D eigenvalue weighted by Crippen LogP contribution is 2.43. The lowest BCUT2D eigenvalue weighted by atomic mass is 9.79. The van der Waals surface area contributed by atoms with E-state index in [1.54, 1.807) is 0 Å². The molecule has 0 N–H and O–H groups in total. The van der Waals surface area contributed by atoms with Crippen LogP contribution in [0.3, 0.4) is 0 Å². The first-order valence-electron chi connectivity index (χ1n) is 6.47. The highest BCUT2D eigenvalue weighted by Gasteiger charge is 2.55. The van der Waals surface area contributed by atoms with Crippen LogP contribution < -0.4 is 0 Å². The molecule has 1 saturated heterocycles. The van der Waals surface area contributed by atoms with Crippen LogP contribution in [0.5, 0.6) is 0 Å². The van der Waals surface area contributed by atoms with Gasteiger partial charge in [-0.1, -0.05) is 20.8 Å². The summed E-state index contributed by atoms with van der Waals surface area (Å²) in [5.41, 5.74) is -1.22. The minimum atomic E-state index is -1.23. The van der Waals surface area contributed by atoms with Crippen LogP contribution in [0.1, 0.15) is 27.2 Å². The van der Waals surface area contributed by atoms with Crippen LogP contribution in [0, 0.1) is 11.3 Å². The third kappa shape index (κ3) is 3.17. The monoisotopic (exact) mass is 286 g/mol. The van der Waals surface area contributed by atoms with Crippen molar-refractivity contribution >= 4 is 21.4 Å². The molecule has 0 spiro atoms. The maximum atomic E-state index is 12.2. The Morgan fingerprint density at radius 1 is 1.42 bits per heavy atom. The topological polar surface area (TPSA) is 55.8 Å². The van der Waals surface area contributed by atoms with Crippen molar-refractivity contribution in [2.45, 2.75) is 46.0 Å². The number of methoxy groups -OCH3 is 1. The van der Waals surface area contributed by atoms with Crippen LogP contribution in [-0.2, 0) is 18.8 Å². The van der Waals surface area contributed by atoms with Crippen LogP contribution in [0.25, 0.3) is 0 Å². The zero-order valence-corrected chi connectivity index (χ0v) is 13.6. The highest BCUT2D eigenvalue weighted by atomic mass is 28.3. The van der Waals surface area contributed by atoms with Gasteiger partial charge >= 0.3 is 5.97 Å². The molecule has 0 aromatic rings. The summed E-state index contributed by atoms with van der Waals surface area (Å²) >= 11 is 0. The Kier molecular flexibility index (Phi) is 4.79. The van der Waals surface area contributed by atoms with E-state index < -0.39 is 20.7 Å². The van der Waals surface area contributed by atoms with Gasteiger partial charge < -0.3 is 14.1 Å². The van der Waals surface area contributed by atoms with E-state index in [0.717, 1.165) is 0 Å². The van der Waals surface area contributed by atoms with Crippen molar-refractivity contribution < 1.29 is 18.8 Å². The second kappa shape index (κ2) is 5.62. The molecule has 0 bridgehead atoms. The summed E-state index contributed by atoms with van der Waals surface area (Å²) in [5.74, 6) is -0.268. The number of ether oxygens (including phenoxy) is 1. The Morgan fingerprint density at radius 3 is 2.37 bits per heavy atom. The van der Waals surface area contributed by atoms with Gasteiger partial charge in [-0.25, -0.2) is 4.79 Å². The van der Waals surface area contributed by atoms with Crippen molar-refractivity contribution in [3.8, 4) is 0 Å². The van der Waals surface area contributed by atoms with E-state index in [4.69, 9.17) is 9.16 Å². The molecule has 2 atom stereocenters. The quantitative estimate of drug-likeness (QED) is 0.448. The van der Waals surface area contributed by atoms with E-state index in [2.05, 4.69) is 20.8 Å². The van der Waals surface area contributed by atoms with Crippen LogP contribution in [0.4, 0.5) is 0 Å². The molecule has 0 aliphatic carbocycles. The highest BCUT2D eigenvalue weighted by molar-refractivity contribution is 6.48. The second-order valence-corrected chi connectivity index (χ2v) is 8.33. The number of nitrogens with zero attached hydrogens (tertiary/aromatic N) is 1. The van der Waals surface area contributed by atoms with Crippen molar-refractivity contribution in [2.24, 2.45) is 11.3 Å². The number of hydrogen-bond acceptors (Lipinski definition) is 4. The predicted octanol–water partition coefficient (Wildman–Crippen LogP) is 1.65. The zero-order valence-electron chi connectivity index (χ0n) is 12.6. The summed E-state index contributed by atoms with van der Waals surface area (Å²) in [6.45, 7) is 10.7. The van der Waals surface area contributed by atoms with Crippen LogP contribution >= 0.6 is 0 Å². The number of amides is 1. The van der Waals surface area contributed by atoms with Gasteiger partial charge in [0.1, 0.15) is 0 Å². The van der Waals surface area contributed by atoms with Crippen molar-refractivity contribution in [1.29, 1.82) is 0 Å². The van der Waals surface area contributed by atoms with E-state index in [9.17, 15) is 9.59 Å². The Morgan fingerprint density at radius 2 is 2.00 bits per heavy atom. The summed E-state index contributed by atoms with van der Waals surface area (Å²) in [4.78, 5) is 25.0. The molecule has 0 saturated carbocycles. The third-order valence-corrected chi connectivity index (χ3v) is 4.38. The summed E-state index contributed by atoms with van der Waals surface area (Å²) in [6, 6.07) is 0. The third-order valence-electron chi connectivity index (χ3n) is 3.63. The lowest BCUT2D eigenvalue weighted by Gasteiger charge is -2.34. The molecule has 0 aromatic heterocycles. The SMILES string of the molecule is COC(=O)[C@@]1(O[Si](C)C)C[C@H](C(C)(C)C)CN1C=O. The number of carbonyl (C=O) groups excluding carboxylic acids is 2. The number of likely N-dealkylation sites (tertiary alicyclic amines) is 1. The predicted molar refractivity (Wildman–Crippen MR) is 73.6 cm³/mol. The molecule has 19 heavy (non-hydrogen) atoms. The first-order chi connectivity index (χ1) is 8.67. The number of hydrogen-bond donors (Lipinski definition) is 0. The Bertz CT molecular complexity index is 353. The molecular formula is C13H24NO4Si. The molecule has 1 amide bonds. The van der Waals surface area contributed by atoms with Crippen molar-refractivity contribution in [3.63, 3.8) is 0 Å². The van der Waals surface area contributed by atoms with Gasteiger partial charge in [0.2, 0.25) is 21.2 Å². The largest absolute Gasteiger partial charge is 0.465 e. The first-order valence-corrected chi connectivity index (χ1v) is 8.88. The van der Waals surface area contributed by atoms with E-state index in [1.165, 1.54) is 12.0 Å². The van der Waals surface area contributed by atoms with Crippen LogP contribution in [-0.4, -0.2) is 45.7 Å². The van der Waals surface area contributed by atoms with E-state index >= 15 is 0 Å². The zero-order chi connectivity index (χ0) is 14.8. The molecule has 1 fully saturated rings. The van der Waals surface area contributed by atoms with E-state index in [-0.39, 0.29) is 11.3 Å². The number of rotatable bonds is 4. The summed E-state index contributed by atoms with van der Waals surface area (Å²) < 4.78 is 10.8. The summed E-state index contributed by atoms with van der Waals surface area (Å²) in [5, 5.41) is 0. The Hall–Kier alpha value is -0.883. The number of esters is 1. The first kappa shape index (κ1) is 16.2. The molecule has 1 radical (unpaired) electrons. The molecule has 0 unspecified atom stereocenters. The number of carbonyl (C=O) groups is 2. The molecule has 1 heterocycles. The molecule has 1 rings (SSSR count). The maximum Gasteiger partial charge on any atom is 0.358 e. The standard InChI is InChI=1S/C13H24NO4Si/c1-12(2,3)10-7-13(11(16)17-4,18-19(5)6)14(8-10)9-15/h9-10H,7-8H2,1-6H3/t10-,13-/m0/s1. The van der Waals surface area contributed by atoms with E-state index in [1.807, 2.05) is 13.1 Å². The normalized spacial score (nSPS) is 27.7. The van der Waals surface area contributed by atoms with Gasteiger partial charge in [-0.15, -0.1) is 0 Å². The fourth-order valence-electron chi connectivity index (χ4n) is 2.45. The fraction of sp³-hybridized carbons (Fsp3) is 0.846. The van der Waals surface area contributed by atoms with Crippen molar-refractivity contribution in [1.82, 2.24) is 4.90 Å². The van der Waals surface area contributed by atoms with Gasteiger partial charge in [0, 0.05) is 13.0 Å². The molecule has 1 aliphatic rings. The lowest BCUT2D eigenvalue weighted by Crippen LogP contribution is -2.54. The molecule has 5 nitrogen and oxygen atoms in total. The Labute approximate surface area is 117 Å². The van der Waals surface area contributed by atoms with E-state index in [0.29, 0.717) is 19.4 Å². The minimum Gasteiger partial charge on any atom is -0.465 e. The van der Waals surface area contributed by atoms with Crippen LogP contribution in [0.2, 0.25) is 13.1 Å². The van der Waals surface area contributed by atoms with Gasteiger partial charge in [0.05, 0.1) is 7.11 Å². The molecule has 6 heteroatoms.